The first-order valence-corrected chi connectivity index (χ1v) is 9.90. The number of pyridine rings is 1. The van der Waals surface area contributed by atoms with Crippen LogP contribution in [0, 0.1) is 0 Å². The molecule has 1 fully saturated rings. The van der Waals surface area contributed by atoms with Crippen molar-refractivity contribution in [1.82, 2.24) is 24.9 Å². The van der Waals surface area contributed by atoms with Crippen molar-refractivity contribution in [3.05, 3.63) is 36.2 Å². The summed E-state index contributed by atoms with van der Waals surface area (Å²) in [4.78, 5) is 21.7. The van der Waals surface area contributed by atoms with E-state index in [1.54, 1.807) is 37.0 Å². The second kappa shape index (κ2) is 8.54. The number of hydrogen-bond acceptors (Lipinski definition) is 8. The van der Waals surface area contributed by atoms with Crippen molar-refractivity contribution in [1.29, 1.82) is 0 Å². The highest BCUT2D eigenvalue weighted by molar-refractivity contribution is 6.00. The number of aromatic nitrogens is 4. The summed E-state index contributed by atoms with van der Waals surface area (Å²) in [6, 6.07) is 5.35. The van der Waals surface area contributed by atoms with Gasteiger partial charge in [-0.3, -0.25) is 4.79 Å². The summed E-state index contributed by atoms with van der Waals surface area (Å²) in [5.41, 5.74) is 1.44. The van der Waals surface area contributed by atoms with E-state index in [0.29, 0.717) is 40.8 Å². The van der Waals surface area contributed by atoms with Crippen LogP contribution in [0.5, 0.6) is 5.88 Å². The van der Waals surface area contributed by atoms with Gasteiger partial charge in [0.15, 0.2) is 5.65 Å². The number of nitrogens with zero attached hydrogens (tertiary/aromatic N) is 4. The Hall–Kier alpha value is -3.40. The van der Waals surface area contributed by atoms with Gasteiger partial charge in [0.25, 0.3) is 5.91 Å². The first kappa shape index (κ1) is 19.9. The third kappa shape index (κ3) is 3.99. The fourth-order valence-electron chi connectivity index (χ4n) is 3.71. The Kier molecular flexibility index (Phi) is 5.66. The minimum Gasteiger partial charge on any atom is -0.480 e. The molecular weight excluding hydrogens is 386 g/mol. The van der Waals surface area contributed by atoms with Crippen LogP contribution in [0.2, 0.25) is 0 Å². The predicted octanol–water partition coefficient (Wildman–Crippen LogP) is 1.95. The van der Waals surface area contributed by atoms with Crippen molar-refractivity contribution < 1.29 is 14.6 Å². The molecule has 3 heterocycles. The quantitative estimate of drug-likeness (QED) is 0.485. The molecule has 1 saturated carbocycles. The summed E-state index contributed by atoms with van der Waals surface area (Å²) in [7, 11) is 3.32. The molecule has 10 heteroatoms. The molecule has 0 aromatic carbocycles. The molecule has 3 aromatic rings. The highest BCUT2D eigenvalue weighted by Gasteiger charge is 2.24. The molecule has 4 rings (SSSR count). The number of fused-ring (bicyclic) bond motifs is 1. The molecule has 158 valence electrons. The van der Waals surface area contributed by atoms with E-state index in [1.807, 2.05) is 6.07 Å². The number of carbonyl (C=O) groups is 1. The molecule has 1 amide bonds. The van der Waals surface area contributed by atoms with Gasteiger partial charge in [0.1, 0.15) is 22.9 Å². The maximum atomic E-state index is 12.9. The van der Waals surface area contributed by atoms with Crippen LogP contribution in [0.4, 0.5) is 17.3 Å². The molecule has 0 bridgehead atoms. The smallest absolute Gasteiger partial charge is 0.256 e. The van der Waals surface area contributed by atoms with Crippen molar-refractivity contribution in [3.63, 3.8) is 0 Å². The Morgan fingerprint density at radius 3 is 3.00 bits per heavy atom. The van der Waals surface area contributed by atoms with Crippen molar-refractivity contribution in [3.8, 4) is 5.88 Å². The fourth-order valence-corrected chi connectivity index (χ4v) is 3.71. The van der Waals surface area contributed by atoms with E-state index < -0.39 is 0 Å². The van der Waals surface area contributed by atoms with Crippen molar-refractivity contribution >= 4 is 28.9 Å². The largest absolute Gasteiger partial charge is 0.480 e. The number of rotatable bonds is 6. The fraction of sp³-hybridized carbons (Fsp3) is 0.400. The van der Waals surface area contributed by atoms with E-state index in [-0.39, 0.29) is 18.1 Å². The van der Waals surface area contributed by atoms with Gasteiger partial charge >= 0.3 is 0 Å². The first-order valence-electron chi connectivity index (χ1n) is 9.90. The lowest BCUT2D eigenvalue weighted by atomic mass is 9.93. The standard InChI is InChI=1S/C20H25N7O3/c1-21-17-10-16(25-15-7-4-8-22-20(15)30-2)26-18-14(11-23-27(17)18)19(29)24-12-5-3-6-13(28)9-12/h4,7-8,10-13,21,28H,3,5-6,9H2,1-2H3,(H,24,29)(H,25,26)/t12-,13-/m0/s1. The molecule has 10 nitrogen and oxygen atoms in total. The van der Waals surface area contributed by atoms with Gasteiger partial charge in [-0.2, -0.15) is 9.61 Å². The van der Waals surface area contributed by atoms with Crippen LogP contribution in [-0.4, -0.2) is 56.9 Å². The molecule has 0 unspecified atom stereocenters. The maximum Gasteiger partial charge on any atom is 0.256 e. The van der Waals surface area contributed by atoms with Crippen molar-refractivity contribution in [2.24, 2.45) is 0 Å². The summed E-state index contributed by atoms with van der Waals surface area (Å²) >= 11 is 0. The zero-order valence-corrected chi connectivity index (χ0v) is 16.9. The lowest BCUT2D eigenvalue weighted by Gasteiger charge is -2.26. The molecule has 4 N–H and O–H groups in total. The van der Waals surface area contributed by atoms with Gasteiger partial charge in [-0.25, -0.2) is 9.97 Å². The summed E-state index contributed by atoms with van der Waals surface area (Å²) in [6.45, 7) is 0. The van der Waals surface area contributed by atoms with Gasteiger partial charge in [0.05, 0.1) is 19.4 Å². The van der Waals surface area contributed by atoms with Gasteiger partial charge < -0.3 is 25.8 Å². The Labute approximate surface area is 173 Å². The monoisotopic (exact) mass is 411 g/mol. The lowest BCUT2D eigenvalue weighted by molar-refractivity contribution is 0.0851. The SMILES string of the molecule is CNc1cc(Nc2cccnc2OC)nc2c(C(=O)N[C@H]3CCC[C@H](O)C3)cnn12. The maximum absolute atomic E-state index is 12.9. The van der Waals surface area contributed by atoms with Gasteiger partial charge in [-0.1, -0.05) is 0 Å². The van der Waals surface area contributed by atoms with E-state index in [4.69, 9.17) is 4.74 Å². The number of carbonyl (C=O) groups excluding carboxylic acids is 1. The van der Waals surface area contributed by atoms with Crippen LogP contribution >= 0.6 is 0 Å². The molecule has 0 aliphatic heterocycles. The molecule has 0 spiro atoms. The van der Waals surface area contributed by atoms with Crippen LogP contribution in [0.15, 0.2) is 30.6 Å². The van der Waals surface area contributed by atoms with E-state index in [2.05, 4.69) is 31.0 Å². The highest BCUT2D eigenvalue weighted by Crippen LogP contribution is 2.26. The van der Waals surface area contributed by atoms with E-state index in [9.17, 15) is 9.90 Å². The minimum atomic E-state index is -0.368. The molecule has 2 atom stereocenters. The normalized spacial score (nSPS) is 18.8. The molecule has 3 aromatic heterocycles. The molecule has 0 radical (unpaired) electrons. The Morgan fingerprint density at radius 2 is 2.23 bits per heavy atom. The molecule has 0 saturated heterocycles. The summed E-state index contributed by atoms with van der Waals surface area (Å²) in [6.07, 6.45) is 5.87. The van der Waals surface area contributed by atoms with E-state index >= 15 is 0 Å². The lowest BCUT2D eigenvalue weighted by Crippen LogP contribution is -2.39. The zero-order valence-electron chi connectivity index (χ0n) is 16.9. The van der Waals surface area contributed by atoms with Crippen LogP contribution in [0.25, 0.3) is 5.65 Å². The van der Waals surface area contributed by atoms with Gasteiger partial charge in [0.2, 0.25) is 5.88 Å². The summed E-state index contributed by atoms with van der Waals surface area (Å²) in [5, 5.41) is 23.5. The number of amides is 1. The predicted molar refractivity (Wildman–Crippen MR) is 112 cm³/mol. The molecular formula is C20H25N7O3. The van der Waals surface area contributed by atoms with E-state index in [0.717, 1.165) is 19.3 Å². The third-order valence-electron chi connectivity index (χ3n) is 5.18. The van der Waals surface area contributed by atoms with E-state index in [1.165, 1.54) is 6.20 Å². The van der Waals surface area contributed by atoms with Crippen molar-refractivity contribution in [2.75, 3.05) is 24.8 Å². The number of anilines is 3. The second-order valence-electron chi connectivity index (χ2n) is 7.25. The first-order chi connectivity index (χ1) is 14.6. The van der Waals surface area contributed by atoms with Gasteiger partial charge in [0, 0.05) is 25.4 Å². The highest BCUT2D eigenvalue weighted by atomic mass is 16.5. The third-order valence-corrected chi connectivity index (χ3v) is 5.18. The Bertz CT molecular complexity index is 1050. The average molecular weight is 411 g/mol. The average Bonchev–Trinajstić information content (AvgIpc) is 3.17. The zero-order chi connectivity index (χ0) is 21.1. The van der Waals surface area contributed by atoms with Crippen LogP contribution < -0.4 is 20.7 Å². The van der Waals surface area contributed by atoms with Crippen LogP contribution in [0.1, 0.15) is 36.0 Å². The molecule has 1 aliphatic carbocycles. The van der Waals surface area contributed by atoms with Crippen molar-refractivity contribution in [2.45, 2.75) is 37.8 Å². The number of nitrogens with one attached hydrogen (secondary N) is 3. The van der Waals surface area contributed by atoms with Gasteiger partial charge in [-0.15, -0.1) is 0 Å². The van der Waals surface area contributed by atoms with Gasteiger partial charge in [-0.05, 0) is 37.8 Å². The number of hydrogen-bond donors (Lipinski definition) is 4. The molecule has 1 aliphatic rings. The second-order valence-corrected chi connectivity index (χ2v) is 7.25. The van der Waals surface area contributed by atoms with Crippen LogP contribution in [0.3, 0.4) is 0 Å². The number of aliphatic hydroxyl groups excluding tert-OH is 1. The summed E-state index contributed by atoms with van der Waals surface area (Å²) in [5.74, 6) is 1.36. The number of ether oxygens (including phenoxy) is 1. The Balaban J connectivity index is 1.65. The van der Waals surface area contributed by atoms with Crippen LogP contribution in [-0.2, 0) is 0 Å². The number of methoxy groups -OCH3 is 1. The number of aliphatic hydroxyl groups is 1. The Morgan fingerprint density at radius 1 is 1.37 bits per heavy atom. The summed E-state index contributed by atoms with van der Waals surface area (Å²) < 4.78 is 6.86. The minimum absolute atomic E-state index is 0.0547. The molecule has 30 heavy (non-hydrogen) atoms. The topological polar surface area (TPSA) is 126 Å².